The first-order valence-electron chi connectivity index (χ1n) is 12.1. The highest BCUT2D eigenvalue weighted by Crippen LogP contribution is 2.32. The first kappa shape index (κ1) is 29.1. The number of carbonyl (C=O) groups is 2. The fourth-order valence-electron chi connectivity index (χ4n) is 4.42. The van der Waals surface area contributed by atoms with E-state index in [4.69, 9.17) is 27.9 Å². The summed E-state index contributed by atoms with van der Waals surface area (Å²) in [6.07, 6.45) is 4.88. The molecule has 1 atom stereocenters. The average molecular weight is 571 g/mol. The van der Waals surface area contributed by atoms with Crippen molar-refractivity contribution in [1.82, 2.24) is 10.2 Å². The number of hydrogen-bond donors (Lipinski definition) is 1. The van der Waals surface area contributed by atoms with Crippen LogP contribution in [0.1, 0.15) is 43.7 Å². The van der Waals surface area contributed by atoms with Gasteiger partial charge in [-0.1, -0.05) is 48.2 Å². The quantitative estimate of drug-likeness (QED) is 0.452. The van der Waals surface area contributed by atoms with E-state index >= 15 is 0 Å². The monoisotopic (exact) mass is 569 g/mol. The summed E-state index contributed by atoms with van der Waals surface area (Å²) in [5.41, 5.74) is 1.50. The molecule has 2 aromatic carbocycles. The number of nitrogens with zero attached hydrogens (tertiary/aromatic N) is 2. The Balaban J connectivity index is 1.97. The normalized spacial score (nSPS) is 14.8. The largest absolute Gasteiger partial charge is 0.495 e. The molecular weight excluding hydrogens is 537 g/mol. The Hall–Kier alpha value is -2.49. The van der Waals surface area contributed by atoms with Gasteiger partial charge in [-0.2, -0.15) is 0 Å². The van der Waals surface area contributed by atoms with Crippen LogP contribution >= 0.6 is 23.2 Å². The zero-order chi connectivity index (χ0) is 27.3. The molecule has 0 aliphatic heterocycles. The number of sulfonamides is 1. The summed E-state index contributed by atoms with van der Waals surface area (Å²) in [7, 11) is -2.47. The first-order chi connectivity index (χ1) is 17.4. The number of halogens is 2. The summed E-state index contributed by atoms with van der Waals surface area (Å²) in [4.78, 5) is 28.3. The van der Waals surface area contributed by atoms with Crippen molar-refractivity contribution >= 4 is 50.7 Å². The zero-order valence-corrected chi connectivity index (χ0v) is 23.8. The van der Waals surface area contributed by atoms with Gasteiger partial charge in [-0.25, -0.2) is 8.42 Å². The molecule has 1 aliphatic rings. The fraction of sp³-hybridized carbons (Fsp3) is 0.462. The molecule has 37 heavy (non-hydrogen) atoms. The average Bonchev–Trinajstić information content (AvgIpc) is 3.34. The Labute approximate surface area is 228 Å². The van der Waals surface area contributed by atoms with E-state index in [1.54, 1.807) is 43.3 Å². The molecule has 1 N–H and O–H groups in total. The SMILES string of the molecule is COc1ccc(C)cc1N(CC(=O)N(Cc1c(Cl)cccc1Cl)[C@H](C)C(=O)NC1CCCC1)S(C)(=O)=O. The molecule has 202 valence electrons. The van der Waals surface area contributed by atoms with Crippen LogP contribution in [0.3, 0.4) is 0 Å². The van der Waals surface area contributed by atoms with Crippen molar-refractivity contribution in [3.8, 4) is 5.75 Å². The minimum absolute atomic E-state index is 0.0554. The van der Waals surface area contributed by atoms with Crippen LogP contribution in [0.25, 0.3) is 0 Å². The number of methoxy groups -OCH3 is 1. The number of amides is 2. The van der Waals surface area contributed by atoms with Gasteiger partial charge in [-0.05, 0) is 56.5 Å². The summed E-state index contributed by atoms with van der Waals surface area (Å²) in [5.74, 6) is -0.599. The molecule has 0 spiro atoms. The van der Waals surface area contributed by atoms with Crippen molar-refractivity contribution in [1.29, 1.82) is 0 Å². The van der Waals surface area contributed by atoms with Gasteiger partial charge >= 0.3 is 0 Å². The van der Waals surface area contributed by atoms with Crippen LogP contribution in [-0.2, 0) is 26.2 Å². The van der Waals surface area contributed by atoms with E-state index in [-0.39, 0.29) is 24.2 Å². The van der Waals surface area contributed by atoms with Crippen LogP contribution in [0, 0.1) is 6.92 Å². The number of ether oxygens (including phenoxy) is 1. The van der Waals surface area contributed by atoms with E-state index in [9.17, 15) is 18.0 Å². The summed E-state index contributed by atoms with van der Waals surface area (Å²) in [6.45, 7) is 2.82. The van der Waals surface area contributed by atoms with Crippen LogP contribution in [0.5, 0.6) is 5.75 Å². The molecule has 0 unspecified atom stereocenters. The molecule has 0 saturated heterocycles. The molecule has 2 aromatic rings. The van der Waals surface area contributed by atoms with Crippen LogP contribution in [0.2, 0.25) is 10.0 Å². The minimum Gasteiger partial charge on any atom is -0.495 e. The minimum atomic E-state index is -3.90. The molecule has 0 bridgehead atoms. The van der Waals surface area contributed by atoms with Gasteiger partial charge in [0.15, 0.2) is 0 Å². The maximum absolute atomic E-state index is 13.8. The van der Waals surface area contributed by atoms with Crippen molar-refractivity contribution < 1.29 is 22.7 Å². The van der Waals surface area contributed by atoms with Gasteiger partial charge < -0.3 is 15.0 Å². The molecule has 1 saturated carbocycles. The lowest BCUT2D eigenvalue weighted by molar-refractivity contribution is -0.139. The third-order valence-electron chi connectivity index (χ3n) is 6.54. The van der Waals surface area contributed by atoms with Crippen molar-refractivity contribution in [2.45, 2.75) is 58.2 Å². The summed E-state index contributed by atoms with van der Waals surface area (Å²) in [5, 5.41) is 3.70. The van der Waals surface area contributed by atoms with E-state index in [0.717, 1.165) is 41.8 Å². The van der Waals surface area contributed by atoms with Gasteiger partial charge in [0.05, 0.1) is 19.1 Å². The van der Waals surface area contributed by atoms with Gasteiger partial charge in [0.1, 0.15) is 18.3 Å². The van der Waals surface area contributed by atoms with Crippen LogP contribution in [0.4, 0.5) is 5.69 Å². The Bertz CT molecular complexity index is 1230. The molecule has 0 aromatic heterocycles. The predicted octanol–water partition coefficient (Wildman–Crippen LogP) is 4.55. The molecule has 1 aliphatic carbocycles. The second-order valence-electron chi connectivity index (χ2n) is 9.33. The lowest BCUT2D eigenvalue weighted by Crippen LogP contribution is -2.52. The highest BCUT2D eigenvalue weighted by Gasteiger charge is 2.33. The Morgan fingerprint density at radius 3 is 2.32 bits per heavy atom. The lowest BCUT2D eigenvalue weighted by Gasteiger charge is -2.32. The summed E-state index contributed by atoms with van der Waals surface area (Å²) >= 11 is 12.8. The number of aryl methyl sites for hydroxylation is 1. The second kappa shape index (κ2) is 12.4. The molecule has 8 nitrogen and oxygen atoms in total. The number of anilines is 1. The Morgan fingerprint density at radius 2 is 1.76 bits per heavy atom. The maximum atomic E-state index is 13.8. The Kier molecular flexibility index (Phi) is 9.72. The fourth-order valence-corrected chi connectivity index (χ4v) is 5.78. The predicted molar refractivity (Wildman–Crippen MR) is 147 cm³/mol. The van der Waals surface area contributed by atoms with E-state index in [0.29, 0.717) is 21.4 Å². The van der Waals surface area contributed by atoms with Gasteiger partial charge in [0.25, 0.3) is 0 Å². The van der Waals surface area contributed by atoms with Crippen molar-refractivity contribution in [3.05, 3.63) is 57.6 Å². The van der Waals surface area contributed by atoms with Gasteiger partial charge in [0, 0.05) is 28.2 Å². The first-order valence-corrected chi connectivity index (χ1v) is 14.7. The number of hydrogen-bond acceptors (Lipinski definition) is 5. The number of carbonyl (C=O) groups excluding carboxylic acids is 2. The van der Waals surface area contributed by atoms with Crippen LogP contribution < -0.4 is 14.4 Å². The molecule has 3 rings (SSSR count). The second-order valence-corrected chi connectivity index (χ2v) is 12.1. The van der Waals surface area contributed by atoms with Crippen molar-refractivity contribution in [2.75, 3.05) is 24.2 Å². The standard InChI is InChI=1S/C26H33Cl2N3O5S/c1-17-12-13-24(36-3)23(14-17)31(37(4,34)35)16-25(32)30(15-20-21(27)10-7-11-22(20)28)18(2)26(33)29-19-8-5-6-9-19/h7,10-14,18-19H,5-6,8-9,15-16H2,1-4H3,(H,29,33)/t18-/m1/s1. The van der Waals surface area contributed by atoms with E-state index in [1.807, 2.05) is 6.92 Å². The number of benzene rings is 2. The van der Waals surface area contributed by atoms with Crippen molar-refractivity contribution in [2.24, 2.45) is 0 Å². The topological polar surface area (TPSA) is 96.0 Å². The molecule has 2 amide bonds. The van der Waals surface area contributed by atoms with E-state index in [1.165, 1.54) is 12.0 Å². The third-order valence-corrected chi connectivity index (χ3v) is 8.38. The highest BCUT2D eigenvalue weighted by atomic mass is 35.5. The number of rotatable bonds is 10. The lowest BCUT2D eigenvalue weighted by atomic mass is 10.1. The highest BCUT2D eigenvalue weighted by molar-refractivity contribution is 7.92. The van der Waals surface area contributed by atoms with Gasteiger partial charge in [-0.3, -0.25) is 13.9 Å². The smallest absolute Gasteiger partial charge is 0.244 e. The number of nitrogens with one attached hydrogen (secondary N) is 1. The maximum Gasteiger partial charge on any atom is 0.244 e. The summed E-state index contributed by atoms with van der Waals surface area (Å²) in [6, 6.07) is 9.20. The summed E-state index contributed by atoms with van der Waals surface area (Å²) < 4.78 is 32.1. The van der Waals surface area contributed by atoms with E-state index < -0.39 is 28.5 Å². The third kappa shape index (κ3) is 7.30. The van der Waals surface area contributed by atoms with Crippen molar-refractivity contribution in [3.63, 3.8) is 0 Å². The Morgan fingerprint density at radius 1 is 1.14 bits per heavy atom. The molecular formula is C26H33Cl2N3O5S. The van der Waals surface area contributed by atoms with Crippen LogP contribution in [0.15, 0.2) is 36.4 Å². The zero-order valence-electron chi connectivity index (χ0n) is 21.5. The van der Waals surface area contributed by atoms with Gasteiger partial charge in [-0.15, -0.1) is 0 Å². The molecule has 1 fully saturated rings. The van der Waals surface area contributed by atoms with Crippen LogP contribution in [-0.4, -0.2) is 57.1 Å². The molecule has 0 heterocycles. The molecule has 0 radical (unpaired) electrons. The van der Waals surface area contributed by atoms with Gasteiger partial charge in [0.2, 0.25) is 21.8 Å². The van der Waals surface area contributed by atoms with E-state index in [2.05, 4.69) is 5.32 Å². The molecule has 11 heteroatoms.